The second-order valence-corrected chi connectivity index (χ2v) is 19.4. The zero-order valence-electron chi connectivity index (χ0n) is 33.5. The van der Waals surface area contributed by atoms with Gasteiger partial charge in [-0.1, -0.05) is 24.3 Å². The van der Waals surface area contributed by atoms with Crippen LogP contribution in [0.15, 0.2) is 46.2 Å². The van der Waals surface area contributed by atoms with Crippen LogP contribution in [0, 0.1) is 0 Å². The standard InChI is InChI=1S/C32H44N12O16S4/c1-43(15-23(47)17-45)31-39-27(33-9-11-61(49,50)51)37-29(41-31)35-21-7-5-19(25(13-21)63(55,56)57)3-4-20-6-8-22(14-26(20)64(58,59)60)36-30-38-28(34-10-12-62(52,53)54)40-32(42-30)44(2)16-24(48)18-46/h3-8,13-14,23-24,45-48H,9-12,15-18H2,1-2H3,(H,49,50,51)(H,52,53,54)(H,55,56,57)(H,58,59,60)(H2,33,35,37,39,41)(H2,34,36,38,40,42). The summed E-state index contributed by atoms with van der Waals surface area (Å²) in [4.78, 5) is 26.1. The van der Waals surface area contributed by atoms with Gasteiger partial charge in [0.15, 0.2) is 0 Å². The number of rotatable bonds is 24. The van der Waals surface area contributed by atoms with Crippen LogP contribution in [0.25, 0.3) is 12.2 Å². The van der Waals surface area contributed by atoms with Crippen molar-refractivity contribution in [2.75, 3.05) is 96.1 Å². The first-order valence-electron chi connectivity index (χ1n) is 18.1. The van der Waals surface area contributed by atoms with Crippen LogP contribution in [0.1, 0.15) is 11.1 Å². The first kappa shape index (κ1) is 51.1. The number of nitrogens with one attached hydrogen (secondary N) is 4. The van der Waals surface area contributed by atoms with Crippen molar-refractivity contribution in [1.29, 1.82) is 0 Å². The molecule has 4 aromatic rings. The van der Waals surface area contributed by atoms with Crippen LogP contribution < -0.4 is 31.1 Å². The largest absolute Gasteiger partial charge is 0.394 e. The van der Waals surface area contributed by atoms with Crippen molar-refractivity contribution >= 4 is 99.7 Å². The summed E-state index contributed by atoms with van der Waals surface area (Å²) in [5.41, 5.74) is -0.431. The average Bonchev–Trinajstić information content (AvgIpc) is 3.18. The molecule has 0 amide bonds. The summed E-state index contributed by atoms with van der Waals surface area (Å²) in [6.45, 7) is -2.25. The van der Waals surface area contributed by atoms with E-state index in [1.165, 1.54) is 48.2 Å². The van der Waals surface area contributed by atoms with Gasteiger partial charge in [-0.05, 0) is 35.4 Å². The minimum absolute atomic E-state index is 0.0352. The Morgan fingerprint density at radius 3 is 1.22 bits per heavy atom. The van der Waals surface area contributed by atoms with Crippen LogP contribution in [-0.2, 0) is 40.5 Å². The minimum atomic E-state index is -5.01. The van der Waals surface area contributed by atoms with Gasteiger partial charge in [-0.2, -0.15) is 63.6 Å². The number of benzene rings is 2. The molecule has 2 aromatic carbocycles. The highest BCUT2D eigenvalue weighted by molar-refractivity contribution is 7.86. The van der Waals surface area contributed by atoms with Gasteiger partial charge >= 0.3 is 0 Å². The van der Waals surface area contributed by atoms with Crippen molar-refractivity contribution in [3.63, 3.8) is 0 Å². The molecule has 352 valence electrons. The number of anilines is 8. The lowest BCUT2D eigenvalue weighted by Crippen LogP contribution is -2.32. The van der Waals surface area contributed by atoms with Gasteiger partial charge in [0, 0.05) is 51.6 Å². The van der Waals surface area contributed by atoms with E-state index in [0.717, 1.165) is 24.3 Å². The van der Waals surface area contributed by atoms with E-state index in [1.807, 2.05) is 0 Å². The number of aliphatic hydroxyl groups excluding tert-OH is 4. The molecule has 0 saturated carbocycles. The Bertz CT molecular complexity index is 2580. The summed E-state index contributed by atoms with van der Waals surface area (Å²) >= 11 is 0. The fourth-order valence-electron chi connectivity index (χ4n) is 5.22. The molecule has 12 N–H and O–H groups in total. The molecular formula is C32H44N12O16S4. The van der Waals surface area contributed by atoms with Crippen LogP contribution in [0.4, 0.5) is 47.1 Å². The van der Waals surface area contributed by atoms with Gasteiger partial charge in [-0.15, -0.1) is 0 Å². The fraction of sp³-hybridized carbons (Fsp3) is 0.375. The van der Waals surface area contributed by atoms with E-state index < -0.39 is 87.2 Å². The van der Waals surface area contributed by atoms with Crippen molar-refractivity contribution in [1.82, 2.24) is 29.9 Å². The lowest BCUT2D eigenvalue weighted by atomic mass is 10.1. The number of hydrogen-bond acceptors (Lipinski definition) is 24. The van der Waals surface area contributed by atoms with Gasteiger partial charge < -0.3 is 51.5 Å². The molecule has 0 aliphatic carbocycles. The van der Waals surface area contributed by atoms with E-state index in [9.17, 15) is 63.2 Å². The molecule has 0 saturated heterocycles. The van der Waals surface area contributed by atoms with Gasteiger partial charge in [-0.25, -0.2) is 0 Å². The molecule has 4 rings (SSSR count). The van der Waals surface area contributed by atoms with Gasteiger partial charge in [0.2, 0.25) is 35.7 Å². The predicted molar refractivity (Wildman–Crippen MR) is 230 cm³/mol. The van der Waals surface area contributed by atoms with E-state index in [2.05, 4.69) is 51.2 Å². The highest BCUT2D eigenvalue weighted by atomic mass is 32.2. The van der Waals surface area contributed by atoms with Crippen molar-refractivity contribution in [3.8, 4) is 0 Å². The maximum Gasteiger partial charge on any atom is 0.295 e. The molecule has 2 unspecified atom stereocenters. The van der Waals surface area contributed by atoms with Gasteiger partial charge in [0.25, 0.3) is 40.5 Å². The third kappa shape index (κ3) is 16.2. The van der Waals surface area contributed by atoms with Gasteiger partial charge in [0.05, 0.1) is 36.9 Å². The second kappa shape index (κ2) is 21.4. The molecule has 0 bridgehead atoms. The molecule has 28 nitrogen and oxygen atoms in total. The predicted octanol–water partition coefficient (Wildman–Crippen LogP) is -1.61. The highest BCUT2D eigenvalue weighted by Gasteiger charge is 2.21. The normalized spacial score (nSPS) is 13.3. The van der Waals surface area contributed by atoms with Crippen molar-refractivity contribution < 1.29 is 72.3 Å². The van der Waals surface area contributed by atoms with Crippen LogP contribution >= 0.6 is 0 Å². The Labute approximate surface area is 366 Å². The number of hydrogen-bond donors (Lipinski definition) is 12. The smallest absolute Gasteiger partial charge is 0.295 e. The maximum absolute atomic E-state index is 12.6. The van der Waals surface area contributed by atoms with E-state index >= 15 is 0 Å². The molecular weight excluding hydrogens is 937 g/mol. The maximum atomic E-state index is 12.6. The summed E-state index contributed by atoms with van der Waals surface area (Å²) in [5.74, 6) is -2.62. The van der Waals surface area contributed by atoms with E-state index in [0.29, 0.717) is 0 Å². The van der Waals surface area contributed by atoms with Crippen LogP contribution in [0.3, 0.4) is 0 Å². The third-order valence-electron chi connectivity index (χ3n) is 8.14. The lowest BCUT2D eigenvalue weighted by Gasteiger charge is -2.21. The minimum Gasteiger partial charge on any atom is -0.394 e. The van der Waals surface area contributed by atoms with Crippen molar-refractivity contribution in [3.05, 3.63) is 47.5 Å². The molecule has 2 aromatic heterocycles. The Morgan fingerprint density at radius 2 is 0.906 bits per heavy atom. The third-order valence-corrected chi connectivity index (χ3v) is 11.4. The van der Waals surface area contributed by atoms with E-state index in [4.69, 9.17) is 9.11 Å². The molecule has 0 aliphatic rings. The molecule has 2 heterocycles. The van der Waals surface area contributed by atoms with E-state index in [-0.39, 0.29) is 84.4 Å². The van der Waals surface area contributed by atoms with Crippen LogP contribution in [-0.4, -0.2) is 179 Å². The molecule has 0 fully saturated rings. The quantitative estimate of drug-likeness (QED) is 0.0277. The number of likely N-dealkylation sites (N-methyl/N-ethyl adjacent to an activating group) is 2. The Hall–Kier alpha value is -5.52. The summed E-state index contributed by atoms with van der Waals surface area (Å²) in [6.07, 6.45) is -0.204. The Balaban J connectivity index is 1.67. The van der Waals surface area contributed by atoms with Crippen molar-refractivity contribution in [2.45, 2.75) is 22.0 Å². The zero-order valence-corrected chi connectivity index (χ0v) is 36.8. The highest BCUT2D eigenvalue weighted by Crippen LogP contribution is 2.28. The first-order chi connectivity index (χ1) is 29.7. The van der Waals surface area contributed by atoms with Crippen LogP contribution in [0.2, 0.25) is 0 Å². The summed E-state index contributed by atoms with van der Waals surface area (Å²) < 4.78 is 134. The number of aromatic nitrogens is 6. The molecule has 0 aliphatic heterocycles. The lowest BCUT2D eigenvalue weighted by molar-refractivity contribution is 0.101. The topological polar surface area (TPSA) is 430 Å². The summed E-state index contributed by atoms with van der Waals surface area (Å²) in [5, 5.41) is 48.9. The molecule has 64 heavy (non-hydrogen) atoms. The second-order valence-electron chi connectivity index (χ2n) is 13.5. The average molecular weight is 981 g/mol. The Morgan fingerprint density at radius 1 is 0.562 bits per heavy atom. The van der Waals surface area contributed by atoms with Gasteiger partial charge in [-0.3, -0.25) is 18.2 Å². The van der Waals surface area contributed by atoms with Gasteiger partial charge in [0.1, 0.15) is 9.79 Å². The van der Waals surface area contributed by atoms with Crippen LogP contribution in [0.5, 0.6) is 0 Å². The summed E-state index contributed by atoms with van der Waals surface area (Å²) in [6, 6.07) is 6.98. The van der Waals surface area contributed by atoms with Crippen molar-refractivity contribution in [2.24, 2.45) is 0 Å². The molecule has 0 spiro atoms. The zero-order chi connectivity index (χ0) is 47.6. The Kier molecular flexibility index (Phi) is 17.1. The molecule has 0 radical (unpaired) electrons. The number of aliphatic hydroxyl groups is 4. The SMILES string of the molecule is CN(CC(O)CO)c1nc(NCCS(=O)(=O)O)nc(Nc2ccc(C=Cc3ccc(Nc4nc(NCCS(=O)(=O)O)nc(N(C)CC(O)CO)n4)cc3S(=O)(=O)O)c(S(=O)(=O)O)c2)n1. The first-order valence-corrected chi connectivity index (χ1v) is 24.2. The monoisotopic (exact) mass is 980 g/mol. The number of nitrogens with zero attached hydrogens (tertiary/aromatic N) is 8. The van der Waals surface area contributed by atoms with E-state index in [1.54, 1.807) is 0 Å². The molecule has 32 heteroatoms. The fourth-order valence-corrected chi connectivity index (χ4v) is 7.36. The summed E-state index contributed by atoms with van der Waals surface area (Å²) in [7, 11) is -15.9. The molecule has 2 atom stereocenters.